The Labute approximate surface area is 105 Å². The molecule has 0 radical (unpaired) electrons. The maximum Gasteiger partial charge on any atom is 0.177 e. The third kappa shape index (κ3) is 1.88. The van der Waals surface area contributed by atoms with Crippen LogP contribution in [0, 0.1) is 0 Å². The SMILES string of the molecule is Nc1cc(N)c2nc(C3CCC(N)CC3)cn2n1. The molecule has 0 amide bonds. The van der Waals surface area contributed by atoms with Crippen LogP contribution in [0.5, 0.6) is 0 Å². The molecule has 0 saturated heterocycles. The van der Waals surface area contributed by atoms with E-state index in [-0.39, 0.29) is 0 Å². The number of nitrogens with two attached hydrogens (primary N) is 3. The number of hydrogen-bond donors (Lipinski definition) is 3. The Morgan fingerprint density at radius 1 is 1.17 bits per heavy atom. The third-order valence-corrected chi connectivity index (χ3v) is 3.68. The van der Waals surface area contributed by atoms with Crippen molar-refractivity contribution < 1.29 is 0 Å². The Balaban J connectivity index is 1.96. The largest absolute Gasteiger partial charge is 0.396 e. The molecule has 18 heavy (non-hydrogen) atoms. The lowest BCUT2D eigenvalue weighted by atomic mass is 9.85. The van der Waals surface area contributed by atoms with Gasteiger partial charge in [-0.25, -0.2) is 9.50 Å². The van der Waals surface area contributed by atoms with E-state index >= 15 is 0 Å². The molecule has 0 bridgehead atoms. The van der Waals surface area contributed by atoms with Gasteiger partial charge in [-0.2, -0.15) is 0 Å². The summed E-state index contributed by atoms with van der Waals surface area (Å²) in [5, 5.41) is 4.19. The number of aromatic nitrogens is 3. The molecule has 0 aliphatic heterocycles. The molecule has 2 aromatic rings. The van der Waals surface area contributed by atoms with E-state index in [1.807, 2.05) is 6.20 Å². The predicted octanol–water partition coefficient (Wildman–Crippen LogP) is 0.879. The number of anilines is 2. The summed E-state index contributed by atoms with van der Waals surface area (Å²) in [6.07, 6.45) is 6.22. The van der Waals surface area contributed by atoms with Gasteiger partial charge in [0.1, 0.15) is 5.82 Å². The van der Waals surface area contributed by atoms with Gasteiger partial charge in [-0.05, 0) is 25.7 Å². The molecular formula is C12H18N6. The zero-order valence-electron chi connectivity index (χ0n) is 10.2. The number of nitrogens with zero attached hydrogens (tertiary/aromatic N) is 3. The Morgan fingerprint density at radius 2 is 1.89 bits per heavy atom. The highest BCUT2D eigenvalue weighted by Gasteiger charge is 2.22. The van der Waals surface area contributed by atoms with Crippen LogP contribution in [-0.2, 0) is 0 Å². The van der Waals surface area contributed by atoms with E-state index in [4.69, 9.17) is 17.2 Å². The molecule has 6 heteroatoms. The van der Waals surface area contributed by atoms with Crippen molar-refractivity contribution in [1.29, 1.82) is 0 Å². The van der Waals surface area contributed by atoms with E-state index in [1.165, 1.54) is 0 Å². The summed E-state index contributed by atoms with van der Waals surface area (Å²) in [6, 6.07) is 1.99. The predicted molar refractivity (Wildman–Crippen MR) is 71.0 cm³/mol. The van der Waals surface area contributed by atoms with Gasteiger partial charge in [0.2, 0.25) is 0 Å². The van der Waals surface area contributed by atoms with Crippen molar-refractivity contribution in [3.8, 4) is 0 Å². The first-order valence-electron chi connectivity index (χ1n) is 6.30. The number of hydrogen-bond acceptors (Lipinski definition) is 5. The molecule has 1 aliphatic carbocycles. The van der Waals surface area contributed by atoms with Crippen molar-refractivity contribution in [2.45, 2.75) is 37.6 Å². The van der Waals surface area contributed by atoms with Gasteiger partial charge in [-0.3, -0.25) is 0 Å². The van der Waals surface area contributed by atoms with E-state index in [2.05, 4.69) is 10.1 Å². The van der Waals surface area contributed by atoms with Crippen molar-refractivity contribution in [3.63, 3.8) is 0 Å². The Hall–Kier alpha value is -1.82. The summed E-state index contributed by atoms with van der Waals surface area (Å²) in [7, 11) is 0. The molecule has 1 fully saturated rings. The van der Waals surface area contributed by atoms with Gasteiger partial charge >= 0.3 is 0 Å². The van der Waals surface area contributed by atoms with Crippen LogP contribution in [0.2, 0.25) is 0 Å². The molecule has 0 aromatic carbocycles. The molecule has 6 nitrogen and oxygen atoms in total. The highest BCUT2D eigenvalue weighted by molar-refractivity contribution is 5.67. The van der Waals surface area contributed by atoms with E-state index in [1.54, 1.807) is 10.6 Å². The normalized spacial score (nSPS) is 24.5. The first kappa shape index (κ1) is 11.3. The number of nitrogen functional groups attached to an aromatic ring is 2. The van der Waals surface area contributed by atoms with Crippen molar-refractivity contribution in [3.05, 3.63) is 18.0 Å². The summed E-state index contributed by atoms with van der Waals surface area (Å²) >= 11 is 0. The van der Waals surface area contributed by atoms with Gasteiger partial charge in [-0.1, -0.05) is 0 Å². The number of rotatable bonds is 1. The molecule has 0 spiro atoms. The first-order valence-corrected chi connectivity index (χ1v) is 6.30. The average Bonchev–Trinajstić information content (AvgIpc) is 2.74. The van der Waals surface area contributed by atoms with E-state index in [0.717, 1.165) is 31.4 Å². The van der Waals surface area contributed by atoms with Crippen LogP contribution in [0.4, 0.5) is 11.5 Å². The van der Waals surface area contributed by atoms with Crippen molar-refractivity contribution in [2.75, 3.05) is 11.5 Å². The Morgan fingerprint density at radius 3 is 2.61 bits per heavy atom. The molecule has 0 unspecified atom stereocenters. The minimum atomic E-state index is 0.345. The highest BCUT2D eigenvalue weighted by Crippen LogP contribution is 2.32. The highest BCUT2D eigenvalue weighted by atomic mass is 15.3. The van der Waals surface area contributed by atoms with Gasteiger partial charge in [-0.15, -0.1) is 5.10 Å². The fourth-order valence-corrected chi connectivity index (χ4v) is 2.65. The molecule has 1 saturated carbocycles. The molecule has 1 aliphatic rings. The van der Waals surface area contributed by atoms with Crippen LogP contribution in [0.25, 0.3) is 5.65 Å². The zero-order valence-corrected chi connectivity index (χ0v) is 10.2. The van der Waals surface area contributed by atoms with Crippen LogP contribution in [-0.4, -0.2) is 20.6 Å². The van der Waals surface area contributed by atoms with Crippen molar-refractivity contribution in [1.82, 2.24) is 14.6 Å². The smallest absolute Gasteiger partial charge is 0.177 e. The van der Waals surface area contributed by atoms with Crippen molar-refractivity contribution in [2.24, 2.45) is 5.73 Å². The summed E-state index contributed by atoms with van der Waals surface area (Å²) < 4.78 is 1.68. The van der Waals surface area contributed by atoms with Gasteiger partial charge < -0.3 is 17.2 Å². The molecular weight excluding hydrogens is 228 g/mol. The zero-order chi connectivity index (χ0) is 12.7. The minimum absolute atomic E-state index is 0.345. The van der Waals surface area contributed by atoms with Gasteiger partial charge in [0.15, 0.2) is 5.65 Å². The molecule has 96 valence electrons. The lowest BCUT2D eigenvalue weighted by molar-refractivity contribution is 0.391. The summed E-state index contributed by atoms with van der Waals surface area (Å²) in [4.78, 5) is 4.58. The van der Waals surface area contributed by atoms with E-state index in [9.17, 15) is 0 Å². The third-order valence-electron chi connectivity index (χ3n) is 3.68. The number of fused-ring (bicyclic) bond motifs is 1. The quantitative estimate of drug-likeness (QED) is 0.692. The average molecular weight is 246 g/mol. The molecule has 2 heterocycles. The second-order valence-electron chi connectivity index (χ2n) is 5.07. The Bertz CT molecular complexity index is 567. The summed E-state index contributed by atoms with van der Waals surface area (Å²) in [5.74, 6) is 0.877. The summed E-state index contributed by atoms with van der Waals surface area (Å²) in [5.41, 5.74) is 19.8. The van der Waals surface area contributed by atoms with E-state index in [0.29, 0.717) is 29.1 Å². The lowest BCUT2D eigenvalue weighted by Gasteiger charge is -2.24. The minimum Gasteiger partial charge on any atom is -0.396 e. The van der Waals surface area contributed by atoms with E-state index < -0.39 is 0 Å². The fourth-order valence-electron chi connectivity index (χ4n) is 2.65. The fraction of sp³-hybridized carbons (Fsp3) is 0.500. The van der Waals surface area contributed by atoms with Gasteiger partial charge in [0, 0.05) is 18.0 Å². The van der Waals surface area contributed by atoms with Crippen LogP contribution < -0.4 is 17.2 Å². The number of imidazole rings is 1. The first-order chi connectivity index (χ1) is 8.63. The maximum absolute atomic E-state index is 5.92. The molecule has 0 atom stereocenters. The van der Waals surface area contributed by atoms with Crippen LogP contribution in [0.1, 0.15) is 37.3 Å². The molecule has 3 rings (SSSR count). The van der Waals surface area contributed by atoms with Crippen molar-refractivity contribution >= 4 is 17.2 Å². The van der Waals surface area contributed by atoms with Gasteiger partial charge in [0.25, 0.3) is 0 Å². The standard InChI is InChI=1S/C12H18N6/c13-8-3-1-7(2-4-8)10-6-18-12(16-10)9(14)5-11(15)17-18/h5-8H,1-4,13-14H2,(H2,15,17). The molecule has 2 aromatic heterocycles. The van der Waals surface area contributed by atoms with Crippen LogP contribution in [0.15, 0.2) is 12.3 Å². The molecule has 6 N–H and O–H groups in total. The second kappa shape index (κ2) is 4.13. The van der Waals surface area contributed by atoms with Crippen LogP contribution >= 0.6 is 0 Å². The second-order valence-corrected chi connectivity index (χ2v) is 5.07. The summed E-state index contributed by atoms with van der Waals surface area (Å²) in [6.45, 7) is 0. The Kier molecular flexibility index (Phi) is 2.59. The van der Waals surface area contributed by atoms with Crippen LogP contribution in [0.3, 0.4) is 0 Å². The maximum atomic E-state index is 5.92. The lowest BCUT2D eigenvalue weighted by Crippen LogP contribution is -2.25. The monoisotopic (exact) mass is 246 g/mol. The topological polar surface area (TPSA) is 108 Å². The van der Waals surface area contributed by atoms with Gasteiger partial charge in [0.05, 0.1) is 17.6 Å².